The Bertz CT molecular complexity index is 402. The highest BCUT2D eigenvalue weighted by Crippen LogP contribution is 2.19. The summed E-state index contributed by atoms with van der Waals surface area (Å²) in [6, 6.07) is 11.2. The van der Waals surface area contributed by atoms with Gasteiger partial charge in [-0.2, -0.15) is 0 Å². The van der Waals surface area contributed by atoms with Gasteiger partial charge in [-0.15, -0.1) is 11.8 Å². The van der Waals surface area contributed by atoms with Gasteiger partial charge in [-0.25, -0.2) is 0 Å². The first-order valence-electron chi connectivity index (χ1n) is 7.70. The number of nitrogens with one attached hydrogen (secondary N) is 2. The second-order valence-corrected chi connectivity index (χ2v) is 6.44. The number of piperazine rings is 1. The molecule has 0 spiro atoms. The van der Waals surface area contributed by atoms with Gasteiger partial charge in [0.25, 0.3) is 0 Å². The van der Waals surface area contributed by atoms with E-state index in [9.17, 15) is 4.79 Å². The van der Waals surface area contributed by atoms with E-state index < -0.39 is 0 Å². The fourth-order valence-corrected chi connectivity index (χ4v) is 3.57. The zero-order chi connectivity index (χ0) is 14.8. The van der Waals surface area contributed by atoms with Crippen LogP contribution in [0.5, 0.6) is 0 Å². The highest BCUT2D eigenvalue weighted by molar-refractivity contribution is 7.99. The third kappa shape index (κ3) is 6.08. The molecular formula is C16H25N3OS. The molecule has 1 aliphatic rings. The van der Waals surface area contributed by atoms with Crippen LogP contribution in [0.25, 0.3) is 0 Å². The molecule has 21 heavy (non-hydrogen) atoms. The lowest BCUT2D eigenvalue weighted by Gasteiger charge is -2.36. The van der Waals surface area contributed by atoms with Gasteiger partial charge >= 0.3 is 0 Å². The fourth-order valence-electron chi connectivity index (χ4n) is 2.67. The Balaban J connectivity index is 1.66. The first-order valence-corrected chi connectivity index (χ1v) is 8.68. The lowest BCUT2D eigenvalue weighted by molar-refractivity contribution is -0.109. The topological polar surface area (TPSA) is 44.4 Å². The van der Waals surface area contributed by atoms with E-state index in [2.05, 4.69) is 45.9 Å². The van der Waals surface area contributed by atoms with Gasteiger partial charge in [0.2, 0.25) is 6.41 Å². The molecule has 1 fully saturated rings. The largest absolute Gasteiger partial charge is 0.357 e. The monoisotopic (exact) mass is 307 g/mol. The van der Waals surface area contributed by atoms with Crippen LogP contribution in [0.4, 0.5) is 0 Å². The molecule has 0 aromatic heterocycles. The first-order chi connectivity index (χ1) is 10.4. The first kappa shape index (κ1) is 16.3. The van der Waals surface area contributed by atoms with Crippen molar-refractivity contribution in [2.45, 2.75) is 23.8 Å². The average molecular weight is 307 g/mol. The Morgan fingerprint density at radius 3 is 3.05 bits per heavy atom. The molecule has 0 saturated carbocycles. The van der Waals surface area contributed by atoms with Crippen LogP contribution in [0.3, 0.4) is 0 Å². The van der Waals surface area contributed by atoms with Crippen LogP contribution in [-0.2, 0) is 4.79 Å². The maximum absolute atomic E-state index is 10.3. The van der Waals surface area contributed by atoms with Gasteiger partial charge < -0.3 is 10.6 Å². The second kappa shape index (κ2) is 9.82. The Labute approximate surface area is 131 Å². The molecular weight excluding hydrogens is 282 g/mol. The number of rotatable bonds is 9. The van der Waals surface area contributed by atoms with Gasteiger partial charge in [0.15, 0.2) is 0 Å². The number of nitrogens with zero attached hydrogens (tertiary/aromatic N) is 1. The van der Waals surface area contributed by atoms with Crippen molar-refractivity contribution in [1.82, 2.24) is 15.5 Å². The number of hydrogen-bond acceptors (Lipinski definition) is 4. The molecule has 0 bridgehead atoms. The lowest BCUT2D eigenvalue weighted by atomic mass is 10.1. The average Bonchev–Trinajstić information content (AvgIpc) is 2.54. The van der Waals surface area contributed by atoms with E-state index in [1.165, 1.54) is 23.5 Å². The molecule has 4 nitrogen and oxygen atoms in total. The van der Waals surface area contributed by atoms with Crippen LogP contribution in [0.2, 0.25) is 0 Å². The molecule has 1 saturated heterocycles. The number of carbonyl (C=O) groups excluding carboxylic acids is 1. The van der Waals surface area contributed by atoms with Gasteiger partial charge in [0, 0.05) is 43.7 Å². The molecule has 0 aliphatic carbocycles. The minimum absolute atomic E-state index is 0.601. The van der Waals surface area contributed by atoms with Gasteiger partial charge in [-0.05, 0) is 30.7 Å². The summed E-state index contributed by atoms with van der Waals surface area (Å²) in [4.78, 5) is 14.2. The van der Waals surface area contributed by atoms with Gasteiger partial charge in [0.05, 0.1) is 0 Å². The number of carbonyl (C=O) groups is 1. The van der Waals surface area contributed by atoms with Crippen LogP contribution < -0.4 is 10.6 Å². The van der Waals surface area contributed by atoms with Gasteiger partial charge in [-0.3, -0.25) is 9.69 Å². The molecule has 1 aliphatic heterocycles. The van der Waals surface area contributed by atoms with Gasteiger partial charge in [0.1, 0.15) is 0 Å². The van der Waals surface area contributed by atoms with Crippen molar-refractivity contribution in [3.8, 4) is 0 Å². The van der Waals surface area contributed by atoms with Crippen molar-refractivity contribution < 1.29 is 4.79 Å². The highest BCUT2D eigenvalue weighted by Gasteiger charge is 2.20. The number of amides is 1. The summed E-state index contributed by atoms with van der Waals surface area (Å²) in [5.41, 5.74) is 0. The van der Waals surface area contributed by atoms with Crippen molar-refractivity contribution in [1.29, 1.82) is 0 Å². The molecule has 1 heterocycles. The standard InChI is InChI=1S/C16H25N3OS/c20-14-18-9-11-19-10-8-17-13-15(19)5-4-12-21-16-6-2-1-3-7-16/h1-3,6-7,14-15,17H,4-5,8-13H2,(H,18,20). The highest BCUT2D eigenvalue weighted by atomic mass is 32.2. The van der Waals surface area contributed by atoms with Crippen molar-refractivity contribution in [2.75, 3.05) is 38.5 Å². The summed E-state index contributed by atoms with van der Waals surface area (Å²) in [5.74, 6) is 1.17. The van der Waals surface area contributed by atoms with Gasteiger partial charge in [-0.1, -0.05) is 18.2 Å². The molecule has 1 unspecified atom stereocenters. The minimum Gasteiger partial charge on any atom is -0.357 e. The maximum atomic E-state index is 10.3. The van der Waals surface area contributed by atoms with Crippen LogP contribution >= 0.6 is 11.8 Å². The van der Waals surface area contributed by atoms with Crippen LogP contribution in [0, 0.1) is 0 Å². The van der Waals surface area contributed by atoms with Crippen molar-refractivity contribution in [2.24, 2.45) is 0 Å². The van der Waals surface area contributed by atoms with Crippen LogP contribution in [0.1, 0.15) is 12.8 Å². The lowest BCUT2D eigenvalue weighted by Crippen LogP contribution is -2.52. The Morgan fingerprint density at radius 1 is 1.38 bits per heavy atom. The van der Waals surface area contributed by atoms with E-state index in [0.717, 1.165) is 39.1 Å². The summed E-state index contributed by atoms with van der Waals surface area (Å²) < 4.78 is 0. The van der Waals surface area contributed by atoms with Crippen molar-refractivity contribution >= 4 is 18.2 Å². The third-order valence-electron chi connectivity index (χ3n) is 3.79. The summed E-state index contributed by atoms with van der Waals surface area (Å²) in [6.45, 7) is 4.90. The zero-order valence-electron chi connectivity index (χ0n) is 12.5. The van der Waals surface area contributed by atoms with E-state index >= 15 is 0 Å². The quantitative estimate of drug-likeness (QED) is 0.413. The number of benzene rings is 1. The Kier molecular flexibility index (Phi) is 7.63. The SMILES string of the molecule is O=CNCCN1CCNCC1CCCSc1ccccc1. The summed E-state index contributed by atoms with van der Waals surface area (Å²) in [6.07, 6.45) is 3.23. The smallest absolute Gasteiger partial charge is 0.207 e. The molecule has 5 heteroatoms. The van der Waals surface area contributed by atoms with E-state index in [4.69, 9.17) is 0 Å². The van der Waals surface area contributed by atoms with Crippen molar-refractivity contribution in [3.63, 3.8) is 0 Å². The Morgan fingerprint density at radius 2 is 2.24 bits per heavy atom. The molecule has 2 N–H and O–H groups in total. The molecule has 0 radical (unpaired) electrons. The molecule has 1 aromatic carbocycles. The third-order valence-corrected chi connectivity index (χ3v) is 4.89. The molecule has 1 atom stereocenters. The van der Waals surface area contributed by atoms with Crippen molar-refractivity contribution in [3.05, 3.63) is 30.3 Å². The summed E-state index contributed by atoms with van der Waals surface area (Å²) >= 11 is 1.93. The normalized spacial score (nSPS) is 19.3. The summed E-state index contributed by atoms with van der Waals surface area (Å²) in [5, 5.41) is 6.23. The minimum atomic E-state index is 0.601. The zero-order valence-corrected chi connectivity index (χ0v) is 13.3. The van der Waals surface area contributed by atoms with Crippen LogP contribution in [0.15, 0.2) is 35.2 Å². The molecule has 116 valence electrons. The van der Waals surface area contributed by atoms with E-state index in [1.807, 2.05) is 11.8 Å². The predicted molar refractivity (Wildman–Crippen MR) is 88.7 cm³/mol. The van der Waals surface area contributed by atoms with E-state index in [1.54, 1.807) is 0 Å². The number of hydrogen-bond donors (Lipinski definition) is 2. The molecule has 1 aromatic rings. The Hall–Kier alpha value is -1.04. The predicted octanol–water partition coefficient (Wildman–Crippen LogP) is 1.58. The van der Waals surface area contributed by atoms with E-state index in [0.29, 0.717) is 6.04 Å². The van der Waals surface area contributed by atoms with E-state index in [-0.39, 0.29) is 0 Å². The van der Waals surface area contributed by atoms with Crippen LogP contribution in [-0.4, -0.2) is 55.8 Å². The molecule has 1 amide bonds. The number of thioether (sulfide) groups is 1. The fraction of sp³-hybridized carbons (Fsp3) is 0.562. The maximum Gasteiger partial charge on any atom is 0.207 e. The summed E-state index contributed by atoms with van der Waals surface area (Å²) in [7, 11) is 0. The molecule has 2 rings (SSSR count). The second-order valence-electron chi connectivity index (χ2n) is 5.27.